The Labute approximate surface area is 127 Å². The molecular weight excluding hydrogens is 313 g/mol. The lowest BCUT2D eigenvalue weighted by atomic mass is 10.2. The SMILES string of the molecule is Cc1cc(N)cc(S(=O)(=O)NCC(C)c2nccs2)c1F. The highest BCUT2D eigenvalue weighted by Crippen LogP contribution is 2.22. The van der Waals surface area contributed by atoms with Crippen LogP contribution in [0.2, 0.25) is 0 Å². The number of benzene rings is 1. The quantitative estimate of drug-likeness (QED) is 0.824. The standard InChI is InChI=1S/C13H16FN3O2S2/c1-8-5-10(15)6-11(12(8)14)21(18,19)17-7-9(2)13-16-3-4-20-13/h3-6,9,17H,7,15H2,1-2H3. The van der Waals surface area contributed by atoms with Crippen LogP contribution in [0.4, 0.5) is 10.1 Å². The fourth-order valence-corrected chi connectivity index (χ4v) is 3.85. The normalized spacial score (nSPS) is 13.3. The van der Waals surface area contributed by atoms with E-state index in [2.05, 4.69) is 9.71 Å². The lowest BCUT2D eigenvalue weighted by molar-refractivity contribution is 0.549. The molecule has 0 spiro atoms. The number of rotatable bonds is 5. The molecule has 2 rings (SSSR count). The fraction of sp³-hybridized carbons (Fsp3) is 0.308. The van der Waals surface area contributed by atoms with Crippen LogP contribution >= 0.6 is 11.3 Å². The maximum atomic E-state index is 14.0. The average molecular weight is 329 g/mol. The minimum atomic E-state index is -3.95. The molecule has 114 valence electrons. The molecular formula is C13H16FN3O2S2. The summed E-state index contributed by atoms with van der Waals surface area (Å²) in [7, 11) is -3.95. The Balaban J connectivity index is 2.19. The molecule has 21 heavy (non-hydrogen) atoms. The van der Waals surface area contributed by atoms with E-state index in [0.29, 0.717) is 0 Å². The van der Waals surface area contributed by atoms with Crippen LogP contribution in [0.25, 0.3) is 0 Å². The summed E-state index contributed by atoms with van der Waals surface area (Å²) in [6.45, 7) is 3.47. The first-order valence-corrected chi connectivity index (χ1v) is 8.62. The minimum absolute atomic E-state index is 0.0926. The second kappa shape index (κ2) is 6.08. The second-order valence-electron chi connectivity index (χ2n) is 4.77. The zero-order valence-electron chi connectivity index (χ0n) is 11.6. The number of hydrogen-bond acceptors (Lipinski definition) is 5. The Morgan fingerprint density at radius 1 is 1.48 bits per heavy atom. The number of nitrogens with two attached hydrogens (primary N) is 1. The van der Waals surface area contributed by atoms with E-state index in [1.54, 1.807) is 6.20 Å². The lowest BCUT2D eigenvalue weighted by Crippen LogP contribution is -2.28. The lowest BCUT2D eigenvalue weighted by Gasteiger charge is -2.12. The molecule has 5 nitrogen and oxygen atoms in total. The molecule has 0 amide bonds. The minimum Gasteiger partial charge on any atom is -0.399 e. The molecule has 1 unspecified atom stereocenters. The van der Waals surface area contributed by atoms with Crippen molar-refractivity contribution in [1.82, 2.24) is 9.71 Å². The van der Waals surface area contributed by atoms with Gasteiger partial charge in [0.25, 0.3) is 0 Å². The Kier molecular flexibility index (Phi) is 4.60. The summed E-state index contributed by atoms with van der Waals surface area (Å²) in [6, 6.07) is 2.52. The van der Waals surface area contributed by atoms with E-state index < -0.39 is 20.7 Å². The van der Waals surface area contributed by atoms with Gasteiger partial charge in [-0.1, -0.05) is 6.92 Å². The molecule has 2 aromatic rings. The molecule has 0 aliphatic carbocycles. The molecule has 0 saturated carbocycles. The zero-order chi connectivity index (χ0) is 15.6. The molecule has 1 atom stereocenters. The van der Waals surface area contributed by atoms with Crippen molar-refractivity contribution < 1.29 is 12.8 Å². The van der Waals surface area contributed by atoms with Gasteiger partial charge < -0.3 is 5.73 Å². The largest absolute Gasteiger partial charge is 0.399 e. The van der Waals surface area contributed by atoms with E-state index in [-0.39, 0.29) is 23.7 Å². The van der Waals surface area contributed by atoms with Crippen LogP contribution in [0.1, 0.15) is 23.4 Å². The number of nitrogens with zero attached hydrogens (tertiary/aromatic N) is 1. The summed E-state index contributed by atoms with van der Waals surface area (Å²) in [5.41, 5.74) is 6.00. The van der Waals surface area contributed by atoms with Crippen molar-refractivity contribution >= 4 is 27.0 Å². The number of halogens is 1. The molecule has 1 aromatic carbocycles. The first kappa shape index (κ1) is 15.9. The van der Waals surface area contributed by atoms with E-state index in [0.717, 1.165) is 11.1 Å². The maximum absolute atomic E-state index is 14.0. The molecule has 8 heteroatoms. The Morgan fingerprint density at radius 2 is 2.19 bits per heavy atom. The van der Waals surface area contributed by atoms with Crippen LogP contribution < -0.4 is 10.5 Å². The van der Waals surface area contributed by atoms with Crippen molar-refractivity contribution in [1.29, 1.82) is 0 Å². The van der Waals surface area contributed by atoms with Gasteiger partial charge in [-0.05, 0) is 24.6 Å². The summed E-state index contributed by atoms with van der Waals surface area (Å²) >= 11 is 1.45. The van der Waals surface area contributed by atoms with Gasteiger partial charge in [-0.3, -0.25) is 0 Å². The molecule has 3 N–H and O–H groups in total. The fourth-order valence-electron chi connectivity index (χ4n) is 1.84. The van der Waals surface area contributed by atoms with E-state index in [4.69, 9.17) is 5.73 Å². The van der Waals surface area contributed by atoms with E-state index in [1.165, 1.54) is 24.3 Å². The number of anilines is 1. The number of hydrogen-bond donors (Lipinski definition) is 2. The molecule has 0 radical (unpaired) electrons. The van der Waals surface area contributed by atoms with Crippen molar-refractivity contribution in [3.63, 3.8) is 0 Å². The number of nitrogens with one attached hydrogen (secondary N) is 1. The predicted octanol–water partition coefficient (Wildman–Crippen LogP) is 2.25. The van der Waals surface area contributed by atoms with Gasteiger partial charge in [0.1, 0.15) is 10.7 Å². The van der Waals surface area contributed by atoms with Gasteiger partial charge in [0.2, 0.25) is 10.0 Å². The third-order valence-electron chi connectivity index (χ3n) is 2.99. The first-order chi connectivity index (χ1) is 9.81. The number of sulfonamides is 1. The molecule has 1 heterocycles. The van der Waals surface area contributed by atoms with Gasteiger partial charge >= 0.3 is 0 Å². The first-order valence-electron chi connectivity index (χ1n) is 6.26. The van der Waals surface area contributed by atoms with Gasteiger partial charge in [-0.15, -0.1) is 11.3 Å². The Bertz CT molecular complexity index is 730. The van der Waals surface area contributed by atoms with Gasteiger partial charge in [0, 0.05) is 29.7 Å². The van der Waals surface area contributed by atoms with Crippen LogP contribution in [-0.4, -0.2) is 19.9 Å². The summed E-state index contributed by atoms with van der Waals surface area (Å²) < 4.78 is 40.8. The van der Waals surface area contributed by atoms with Crippen molar-refractivity contribution in [2.45, 2.75) is 24.7 Å². The maximum Gasteiger partial charge on any atom is 0.243 e. The highest BCUT2D eigenvalue weighted by Gasteiger charge is 2.22. The zero-order valence-corrected chi connectivity index (χ0v) is 13.3. The molecule has 1 aromatic heterocycles. The van der Waals surface area contributed by atoms with Crippen molar-refractivity contribution in [3.8, 4) is 0 Å². The van der Waals surface area contributed by atoms with Crippen molar-refractivity contribution in [3.05, 3.63) is 40.1 Å². The number of aryl methyl sites for hydroxylation is 1. The smallest absolute Gasteiger partial charge is 0.243 e. The Hall–Kier alpha value is -1.51. The highest BCUT2D eigenvalue weighted by atomic mass is 32.2. The molecule has 0 aliphatic rings. The monoisotopic (exact) mass is 329 g/mol. The summed E-state index contributed by atoms with van der Waals surface area (Å²) in [6.07, 6.45) is 1.66. The summed E-state index contributed by atoms with van der Waals surface area (Å²) in [5, 5.41) is 2.64. The van der Waals surface area contributed by atoms with Gasteiger partial charge in [0.15, 0.2) is 0 Å². The number of thiazole rings is 1. The number of aromatic nitrogens is 1. The van der Waals surface area contributed by atoms with Crippen LogP contribution in [-0.2, 0) is 10.0 Å². The van der Waals surface area contributed by atoms with Gasteiger partial charge in [0.05, 0.1) is 5.01 Å². The second-order valence-corrected chi connectivity index (χ2v) is 7.43. The van der Waals surface area contributed by atoms with Crippen LogP contribution in [0, 0.1) is 12.7 Å². The third kappa shape index (κ3) is 3.58. The molecule has 0 fully saturated rings. The Morgan fingerprint density at radius 3 is 2.81 bits per heavy atom. The molecule has 0 bridgehead atoms. The van der Waals surface area contributed by atoms with Crippen molar-refractivity contribution in [2.75, 3.05) is 12.3 Å². The van der Waals surface area contributed by atoms with E-state index in [9.17, 15) is 12.8 Å². The number of nitrogen functional groups attached to an aromatic ring is 1. The topological polar surface area (TPSA) is 85.1 Å². The van der Waals surface area contributed by atoms with E-state index >= 15 is 0 Å². The van der Waals surface area contributed by atoms with Crippen molar-refractivity contribution in [2.24, 2.45) is 0 Å². The van der Waals surface area contributed by atoms with E-state index in [1.807, 2.05) is 12.3 Å². The van der Waals surface area contributed by atoms with Crippen LogP contribution in [0.5, 0.6) is 0 Å². The average Bonchev–Trinajstić information content (AvgIpc) is 2.94. The predicted molar refractivity (Wildman–Crippen MR) is 81.3 cm³/mol. The van der Waals surface area contributed by atoms with Gasteiger partial charge in [-0.25, -0.2) is 22.5 Å². The molecule has 0 aliphatic heterocycles. The summed E-state index contributed by atoms with van der Waals surface area (Å²) in [4.78, 5) is 3.70. The molecule has 0 saturated heterocycles. The van der Waals surface area contributed by atoms with Gasteiger partial charge in [-0.2, -0.15) is 0 Å². The third-order valence-corrected chi connectivity index (χ3v) is 5.42. The highest BCUT2D eigenvalue weighted by molar-refractivity contribution is 7.89. The van der Waals surface area contributed by atoms with Crippen LogP contribution in [0.15, 0.2) is 28.6 Å². The summed E-state index contributed by atoms with van der Waals surface area (Å²) in [5.74, 6) is -0.872. The van der Waals surface area contributed by atoms with Crippen LogP contribution in [0.3, 0.4) is 0 Å².